The fraction of sp³-hybridized carbons (Fsp3) is 0.417. The smallest absolute Gasteiger partial charge is 0.258 e. The number of hydrogen-bond donors (Lipinski definition) is 2. The van der Waals surface area contributed by atoms with Crippen molar-refractivity contribution >= 4 is 17.5 Å². The third-order valence-electron chi connectivity index (χ3n) is 4.72. The largest absolute Gasteiger partial charge is 0.483 e. The summed E-state index contributed by atoms with van der Waals surface area (Å²) < 4.78 is 5.75. The van der Waals surface area contributed by atoms with Crippen LogP contribution in [0.2, 0.25) is 0 Å². The molecule has 2 aromatic carbocycles. The summed E-state index contributed by atoms with van der Waals surface area (Å²) >= 11 is 0. The minimum absolute atomic E-state index is 0.00504. The van der Waals surface area contributed by atoms with Crippen molar-refractivity contribution in [2.24, 2.45) is 5.92 Å². The molecule has 0 aliphatic heterocycles. The lowest BCUT2D eigenvalue weighted by molar-refractivity contribution is -0.123. The molecule has 0 aliphatic carbocycles. The molecule has 29 heavy (non-hydrogen) atoms. The van der Waals surface area contributed by atoms with Crippen LogP contribution in [0.4, 0.5) is 5.69 Å². The zero-order valence-corrected chi connectivity index (χ0v) is 17.8. The minimum Gasteiger partial charge on any atom is -0.483 e. The summed E-state index contributed by atoms with van der Waals surface area (Å²) in [7, 11) is 0. The zero-order valence-electron chi connectivity index (χ0n) is 17.8. The molecule has 1 atom stereocenters. The topological polar surface area (TPSA) is 67.4 Å². The summed E-state index contributed by atoms with van der Waals surface area (Å²) in [5.41, 5.74) is 2.77. The van der Waals surface area contributed by atoms with Gasteiger partial charge in [0, 0.05) is 18.7 Å². The first-order chi connectivity index (χ1) is 13.9. The van der Waals surface area contributed by atoms with E-state index in [1.807, 2.05) is 62.4 Å². The van der Waals surface area contributed by atoms with E-state index in [0.717, 1.165) is 29.0 Å². The van der Waals surface area contributed by atoms with Crippen molar-refractivity contribution in [2.75, 3.05) is 11.9 Å². The van der Waals surface area contributed by atoms with Crippen LogP contribution in [0.1, 0.15) is 57.6 Å². The van der Waals surface area contributed by atoms with E-state index in [1.54, 1.807) is 0 Å². The second-order valence-electron chi connectivity index (χ2n) is 7.76. The number of ether oxygens (including phenoxy) is 1. The average molecular weight is 397 g/mol. The molecule has 0 saturated carbocycles. The molecule has 0 radical (unpaired) electrons. The predicted molar refractivity (Wildman–Crippen MR) is 117 cm³/mol. The highest BCUT2D eigenvalue weighted by Crippen LogP contribution is 2.28. The molecule has 2 N–H and O–H groups in total. The van der Waals surface area contributed by atoms with Crippen LogP contribution in [0.3, 0.4) is 0 Å². The molecular formula is C24H32N2O3. The van der Waals surface area contributed by atoms with Crippen LogP contribution in [0.5, 0.6) is 5.75 Å². The van der Waals surface area contributed by atoms with E-state index < -0.39 is 0 Å². The Bertz CT molecular complexity index is 817. The predicted octanol–water partition coefficient (Wildman–Crippen LogP) is 4.88. The molecule has 2 aromatic rings. The molecule has 0 saturated heterocycles. The van der Waals surface area contributed by atoms with Gasteiger partial charge in [-0.25, -0.2) is 0 Å². The van der Waals surface area contributed by atoms with Gasteiger partial charge in [-0.2, -0.15) is 0 Å². The fourth-order valence-electron chi connectivity index (χ4n) is 2.98. The molecule has 0 aliphatic rings. The number of carbonyl (C=O) groups is 2. The van der Waals surface area contributed by atoms with Gasteiger partial charge in [-0.05, 0) is 47.6 Å². The van der Waals surface area contributed by atoms with E-state index >= 15 is 0 Å². The fourth-order valence-corrected chi connectivity index (χ4v) is 2.98. The molecule has 0 fully saturated rings. The van der Waals surface area contributed by atoms with E-state index in [2.05, 4.69) is 24.5 Å². The lowest BCUT2D eigenvalue weighted by Gasteiger charge is -2.15. The second-order valence-corrected chi connectivity index (χ2v) is 7.76. The van der Waals surface area contributed by atoms with Gasteiger partial charge in [0.05, 0.1) is 0 Å². The summed E-state index contributed by atoms with van der Waals surface area (Å²) in [6, 6.07) is 15.3. The van der Waals surface area contributed by atoms with Gasteiger partial charge in [0.15, 0.2) is 6.61 Å². The monoisotopic (exact) mass is 396 g/mol. The van der Waals surface area contributed by atoms with Crippen LogP contribution in [0.25, 0.3) is 0 Å². The lowest BCUT2D eigenvalue weighted by Crippen LogP contribution is -2.28. The molecule has 0 spiro atoms. The first-order valence-corrected chi connectivity index (χ1v) is 10.3. The van der Waals surface area contributed by atoms with Gasteiger partial charge in [-0.1, -0.05) is 58.0 Å². The van der Waals surface area contributed by atoms with Crippen LogP contribution in [0.15, 0.2) is 48.5 Å². The highest BCUT2D eigenvalue weighted by Gasteiger charge is 2.11. The van der Waals surface area contributed by atoms with Crippen LogP contribution < -0.4 is 15.4 Å². The second kappa shape index (κ2) is 11.2. The van der Waals surface area contributed by atoms with Crippen molar-refractivity contribution in [1.29, 1.82) is 0 Å². The molecule has 1 unspecified atom stereocenters. The Morgan fingerprint density at radius 1 is 1.00 bits per heavy atom. The number of anilines is 1. The van der Waals surface area contributed by atoms with E-state index in [9.17, 15) is 9.59 Å². The normalized spacial score (nSPS) is 11.8. The van der Waals surface area contributed by atoms with E-state index in [-0.39, 0.29) is 18.4 Å². The van der Waals surface area contributed by atoms with Crippen LogP contribution in [-0.2, 0) is 16.1 Å². The summed E-state index contributed by atoms with van der Waals surface area (Å²) in [5.74, 6) is 1.26. The SMILES string of the molecule is CCC(C)c1ccccc1OCC(=O)NCc1cccc(NC(=O)CC(C)C)c1. The summed E-state index contributed by atoms with van der Waals surface area (Å²) in [4.78, 5) is 24.1. The number of amides is 2. The van der Waals surface area contributed by atoms with Crippen molar-refractivity contribution in [3.05, 3.63) is 59.7 Å². The van der Waals surface area contributed by atoms with Crippen LogP contribution in [0, 0.1) is 5.92 Å². The van der Waals surface area contributed by atoms with Gasteiger partial charge >= 0.3 is 0 Å². The lowest BCUT2D eigenvalue weighted by atomic mass is 9.98. The maximum Gasteiger partial charge on any atom is 0.258 e. The Morgan fingerprint density at radius 2 is 1.76 bits per heavy atom. The molecule has 5 nitrogen and oxygen atoms in total. The standard InChI is InChI=1S/C24H32N2O3/c1-5-18(4)21-11-6-7-12-22(21)29-16-24(28)25-15-19-9-8-10-20(14-19)26-23(27)13-17(2)3/h6-12,14,17-18H,5,13,15-16H2,1-4H3,(H,25,28)(H,26,27). The molecule has 0 aromatic heterocycles. The van der Waals surface area contributed by atoms with E-state index in [0.29, 0.717) is 24.8 Å². The van der Waals surface area contributed by atoms with Gasteiger partial charge < -0.3 is 15.4 Å². The zero-order chi connectivity index (χ0) is 21.2. The molecule has 0 heterocycles. The quantitative estimate of drug-likeness (QED) is 0.601. The average Bonchev–Trinajstić information content (AvgIpc) is 2.70. The number of carbonyl (C=O) groups excluding carboxylic acids is 2. The summed E-state index contributed by atoms with van der Waals surface area (Å²) in [5, 5.41) is 5.76. The molecule has 2 amide bonds. The highest BCUT2D eigenvalue weighted by molar-refractivity contribution is 5.90. The maximum absolute atomic E-state index is 12.2. The van der Waals surface area contributed by atoms with E-state index in [4.69, 9.17) is 4.74 Å². The summed E-state index contributed by atoms with van der Waals surface area (Å²) in [6.45, 7) is 8.65. The van der Waals surface area contributed by atoms with Crippen molar-refractivity contribution < 1.29 is 14.3 Å². The van der Waals surface area contributed by atoms with E-state index in [1.165, 1.54) is 0 Å². The van der Waals surface area contributed by atoms with Crippen LogP contribution >= 0.6 is 0 Å². The summed E-state index contributed by atoms with van der Waals surface area (Å²) in [6.07, 6.45) is 1.49. The highest BCUT2D eigenvalue weighted by atomic mass is 16.5. The van der Waals surface area contributed by atoms with Crippen molar-refractivity contribution in [2.45, 2.75) is 53.0 Å². The van der Waals surface area contributed by atoms with Gasteiger partial charge in [-0.15, -0.1) is 0 Å². The number of benzene rings is 2. The van der Waals surface area contributed by atoms with Gasteiger partial charge in [0.2, 0.25) is 5.91 Å². The molecular weight excluding hydrogens is 364 g/mol. The Labute approximate surface area is 173 Å². The Kier molecular flexibility index (Phi) is 8.71. The van der Waals surface area contributed by atoms with Gasteiger partial charge in [0.1, 0.15) is 5.75 Å². The van der Waals surface area contributed by atoms with Crippen LogP contribution in [-0.4, -0.2) is 18.4 Å². The molecule has 2 rings (SSSR count). The van der Waals surface area contributed by atoms with Gasteiger partial charge in [0.25, 0.3) is 5.91 Å². The van der Waals surface area contributed by atoms with Crippen molar-refractivity contribution in [3.8, 4) is 5.75 Å². The third kappa shape index (κ3) is 7.60. The molecule has 5 heteroatoms. The first kappa shape index (κ1) is 22.5. The molecule has 156 valence electrons. The number of rotatable bonds is 10. The number of hydrogen-bond acceptors (Lipinski definition) is 3. The Balaban J connectivity index is 1.86. The van der Waals surface area contributed by atoms with Crippen molar-refractivity contribution in [3.63, 3.8) is 0 Å². The third-order valence-corrected chi connectivity index (χ3v) is 4.72. The number of para-hydroxylation sites is 1. The molecule has 0 bridgehead atoms. The van der Waals surface area contributed by atoms with Crippen molar-refractivity contribution in [1.82, 2.24) is 5.32 Å². The number of nitrogens with one attached hydrogen (secondary N) is 2. The Morgan fingerprint density at radius 3 is 2.48 bits per heavy atom. The first-order valence-electron chi connectivity index (χ1n) is 10.3. The van der Waals surface area contributed by atoms with Gasteiger partial charge in [-0.3, -0.25) is 9.59 Å². The minimum atomic E-state index is -0.182. The maximum atomic E-state index is 12.2. The Hall–Kier alpha value is -2.82.